The molecular formula is C13H17NO. The molecule has 15 heavy (non-hydrogen) atoms. The van der Waals surface area contributed by atoms with Gasteiger partial charge in [-0.1, -0.05) is 30.3 Å². The minimum atomic E-state index is 0.645. The van der Waals surface area contributed by atoms with Crippen LogP contribution in [0.2, 0.25) is 0 Å². The van der Waals surface area contributed by atoms with Gasteiger partial charge < -0.3 is 4.84 Å². The van der Waals surface area contributed by atoms with Crippen LogP contribution in [-0.4, -0.2) is 12.3 Å². The summed E-state index contributed by atoms with van der Waals surface area (Å²) in [7, 11) is 0. The zero-order chi connectivity index (χ0) is 10.7. The largest absolute Gasteiger partial charge is 0.396 e. The molecule has 0 saturated carbocycles. The lowest BCUT2D eigenvalue weighted by Gasteiger charge is -2.02. The van der Waals surface area contributed by atoms with Crippen molar-refractivity contribution in [2.75, 3.05) is 6.61 Å². The van der Waals surface area contributed by atoms with E-state index in [1.165, 1.54) is 16.7 Å². The zero-order valence-electron chi connectivity index (χ0n) is 9.42. The highest BCUT2D eigenvalue weighted by molar-refractivity contribution is 6.04. The summed E-state index contributed by atoms with van der Waals surface area (Å²) in [4.78, 5) is 5.12. The molecule has 0 aromatic heterocycles. The second-order valence-electron chi connectivity index (χ2n) is 3.80. The van der Waals surface area contributed by atoms with E-state index in [1.54, 1.807) is 0 Å². The summed E-state index contributed by atoms with van der Waals surface area (Å²) in [6.07, 6.45) is 3.22. The van der Waals surface area contributed by atoms with Gasteiger partial charge in [0.2, 0.25) is 0 Å². The van der Waals surface area contributed by atoms with E-state index in [0.29, 0.717) is 6.61 Å². The van der Waals surface area contributed by atoms with Gasteiger partial charge >= 0.3 is 0 Å². The smallest absolute Gasteiger partial charge is 0.114 e. The van der Waals surface area contributed by atoms with Crippen LogP contribution in [0.25, 0.3) is 0 Å². The first-order valence-electron chi connectivity index (χ1n) is 5.66. The highest BCUT2D eigenvalue weighted by Gasteiger charge is 2.18. The van der Waals surface area contributed by atoms with Crippen molar-refractivity contribution in [3.63, 3.8) is 0 Å². The molecule has 0 spiro atoms. The number of rotatable bonds is 3. The van der Waals surface area contributed by atoms with Crippen LogP contribution in [0.5, 0.6) is 0 Å². The number of benzene rings is 1. The molecule has 1 aliphatic rings. The van der Waals surface area contributed by atoms with Crippen molar-refractivity contribution in [1.29, 1.82) is 0 Å². The lowest BCUT2D eigenvalue weighted by atomic mass is 10.0. The van der Waals surface area contributed by atoms with Crippen LogP contribution in [-0.2, 0) is 17.7 Å². The van der Waals surface area contributed by atoms with Crippen molar-refractivity contribution in [2.24, 2.45) is 5.16 Å². The Kier molecular flexibility index (Phi) is 3.05. The van der Waals surface area contributed by atoms with Gasteiger partial charge in [-0.15, -0.1) is 0 Å². The van der Waals surface area contributed by atoms with E-state index >= 15 is 0 Å². The fourth-order valence-electron chi connectivity index (χ4n) is 1.98. The van der Waals surface area contributed by atoms with Crippen molar-refractivity contribution >= 4 is 5.71 Å². The number of hydrogen-bond donors (Lipinski definition) is 0. The Labute approximate surface area is 90.9 Å². The molecule has 0 aliphatic heterocycles. The van der Waals surface area contributed by atoms with E-state index in [1.807, 2.05) is 6.92 Å². The summed E-state index contributed by atoms with van der Waals surface area (Å²) < 4.78 is 0. The molecule has 0 unspecified atom stereocenters. The van der Waals surface area contributed by atoms with E-state index in [0.717, 1.165) is 25.0 Å². The molecule has 1 aromatic rings. The Bertz CT molecular complexity index is 382. The van der Waals surface area contributed by atoms with Crippen molar-refractivity contribution in [3.8, 4) is 0 Å². The van der Waals surface area contributed by atoms with Crippen molar-refractivity contribution in [1.82, 2.24) is 0 Å². The van der Waals surface area contributed by atoms with Crippen molar-refractivity contribution < 1.29 is 4.84 Å². The van der Waals surface area contributed by atoms with E-state index in [9.17, 15) is 0 Å². The van der Waals surface area contributed by atoms with Gasteiger partial charge in [0.25, 0.3) is 0 Å². The Balaban J connectivity index is 2.28. The van der Waals surface area contributed by atoms with Gasteiger partial charge in [0.1, 0.15) is 6.61 Å². The van der Waals surface area contributed by atoms with Gasteiger partial charge in [-0.3, -0.25) is 0 Å². The van der Waals surface area contributed by atoms with E-state index in [-0.39, 0.29) is 0 Å². The standard InChI is InChI=1S/C13H17NO/c1-3-10-5-7-12-11(9-10)6-8-13(12)14-15-4-2/h5,7,9H,3-4,6,8H2,1-2H3/b14-13+. The van der Waals surface area contributed by atoms with Crippen LogP contribution < -0.4 is 0 Å². The van der Waals surface area contributed by atoms with Gasteiger partial charge in [-0.05, 0) is 37.3 Å². The average molecular weight is 203 g/mol. The van der Waals surface area contributed by atoms with E-state index in [2.05, 4.69) is 30.3 Å². The van der Waals surface area contributed by atoms with Crippen molar-refractivity contribution in [3.05, 3.63) is 34.9 Å². The second kappa shape index (κ2) is 4.47. The molecule has 0 bridgehead atoms. The molecule has 2 nitrogen and oxygen atoms in total. The Morgan fingerprint density at radius 3 is 2.87 bits per heavy atom. The molecule has 0 fully saturated rings. The fourth-order valence-corrected chi connectivity index (χ4v) is 1.98. The molecule has 0 heterocycles. The third kappa shape index (κ3) is 2.04. The summed E-state index contributed by atoms with van der Waals surface area (Å²) in [6.45, 7) is 4.79. The third-order valence-electron chi connectivity index (χ3n) is 2.82. The number of fused-ring (bicyclic) bond motifs is 1. The maximum atomic E-state index is 5.12. The quantitative estimate of drug-likeness (QED) is 0.692. The molecule has 0 atom stereocenters. The normalized spacial score (nSPS) is 16.8. The Morgan fingerprint density at radius 2 is 2.13 bits per heavy atom. The molecule has 1 aliphatic carbocycles. The predicted molar refractivity (Wildman–Crippen MR) is 62.3 cm³/mol. The number of aryl methyl sites for hydroxylation is 2. The fraction of sp³-hybridized carbons (Fsp3) is 0.462. The van der Waals surface area contributed by atoms with Gasteiger partial charge in [-0.2, -0.15) is 0 Å². The Hall–Kier alpha value is -1.31. The monoisotopic (exact) mass is 203 g/mol. The molecule has 2 heteroatoms. The van der Waals surface area contributed by atoms with Gasteiger partial charge in [-0.25, -0.2) is 0 Å². The minimum Gasteiger partial charge on any atom is -0.396 e. The second-order valence-corrected chi connectivity index (χ2v) is 3.80. The highest BCUT2D eigenvalue weighted by Crippen LogP contribution is 2.24. The first-order chi connectivity index (χ1) is 7.35. The maximum absolute atomic E-state index is 5.12. The van der Waals surface area contributed by atoms with Crippen LogP contribution >= 0.6 is 0 Å². The van der Waals surface area contributed by atoms with Crippen LogP contribution in [0.3, 0.4) is 0 Å². The predicted octanol–water partition coefficient (Wildman–Crippen LogP) is 2.94. The first kappa shape index (κ1) is 10.2. The maximum Gasteiger partial charge on any atom is 0.114 e. The van der Waals surface area contributed by atoms with Crippen LogP contribution in [0.15, 0.2) is 23.4 Å². The lowest BCUT2D eigenvalue weighted by Crippen LogP contribution is -1.96. The molecule has 2 rings (SSSR count). The van der Waals surface area contributed by atoms with Crippen molar-refractivity contribution in [2.45, 2.75) is 33.1 Å². The summed E-state index contributed by atoms with van der Waals surface area (Å²) in [5, 5.41) is 4.16. The minimum absolute atomic E-state index is 0.645. The van der Waals surface area contributed by atoms with Crippen LogP contribution in [0, 0.1) is 0 Å². The lowest BCUT2D eigenvalue weighted by molar-refractivity contribution is 0.158. The highest BCUT2D eigenvalue weighted by atomic mass is 16.6. The Morgan fingerprint density at radius 1 is 1.27 bits per heavy atom. The number of nitrogens with zero attached hydrogens (tertiary/aromatic N) is 1. The summed E-state index contributed by atoms with van der Waals surface area (Å²) in [5.74, 6) is 0. The number of hydrogen-bond acceptors (Lipinski definition) is 2. The third-order valence-corrected chi connectivity index (χ3v) is 2.82. The molecule has 0 amide bonds. The van der Waals surface area contributed by atoms with Crippen LogP contribution in [0.1, 0.15) is 37.0 Å². The zero-order valence-corrected chi connectivity index (χ0v) is 9.42. The average Bonchev–Trinajstić information content (AvgIpc) is 2.68. The SMILES string of the molecule is CCO/N=C1\CCc2cc(CC)ccc21. The summed E-state index contributed by atoms with van der Waals surface area (Å²) >= 11 is 0. The molecule has 1 aromatic carbocycles. The van der Waals surface area contributed by atoms with E-state index in [4.69, 9.17) is 4.84 Å². The van der Waals surface area contributed by atoms with E-state index < -0.39 is 0 Å². The first-order valence-corrected chi connectivity index (χ1v) is 5.66. The molecule has 0 N–H and O–H groups in total. The molecular weight excluding hydrogens is 186 g/mol. The summed E-state index contributed by atoms with van der Waals surface area (Å²) in [5.41, 5.74) is 5.22. The number of oxime groups is 1. The van der Waals surface area contributed by atoms with Crippen LogP contribution in [0.4, 0.5) is 0 Å². The van der Waals surface area contributed by atoms with Gasteiger partial charge in [0.05, 0.1) is 5.71 Å². The van der Waals surface area contributed by atoms with Gasteiger partial charge in [0.15, 0.2) is 0 Å². The topological polar surface area (TPSA) is 21.6 Å². The molecule has 0 saturated heterocycles. The van der Waals surface area contributed by atoms with Gasteiger partial charge in [0, 0.05) is 5.56 Å². The molecule has 80 valence electrons. The molecule has 0 radical (unpaired) electrons. The summed E-state index contributed by atoms with van der Waals surface area (Å²) in [6, 6.07) is 6.66.